The number of nitrogens with zero attached hydrogens (tertiary/aromatic N) is 3. The number of carbonyl (C=O) groups excluding carboxylic acids is 1. The fraction of sp³-hybridized carbons (Fsp3) is 0.400. The van der Waals surface area contributed by atoms with E-state index in [1.54, 1.807) is 0 Å². The molecule has 2 aromatic rings. The fourth-order valence-corrected chi connectivity index (χ4v) is 4.29. The molecule has 0 atom stereocenters. The van der Waals surface area contributed by atoms with Crippen LogP contribution in [0.25, 0.3) is 10.9 Å². The van der Waals surface area contributed by atoms with Gasteiger partial charge in [-0.3, -0.25) is 4.72 Å². The molecule has 150 valence electrons. The highest BCUT2D eigenvalue weighted by molar-refractivity contribution is 7.90. The van der Waals surface area contributed by atoms with Gasteiger partial charge in [0, 0.05) is 39.3 Å². The van der Waals surface area contributed by atoms with Gasteiger partial charge < -0.3 is 4.74 Å². The van der Waals surface area contributed by atoms with Crippen molar-refractivity contribution in [1.82, 2.24) is 12.6 Å². The van der Waals surface area contributed by atoms with Gasteiger partial charge in [-0.05, 0) is 25.1 Å². The number of aromatic nitrogens is 1. The van der Waals surface area contributed by atoms with Crippen molar-refractivity contribution in [2.45, 2.75) is 6.92 Å². The van der Waals surface area contributed by atoms with Gasteiger partial charge in [-0.2, -0.15) is 25.4 Å². The number of anilines is 1. The smallest absolute Gasteiger partial charge is 0.340 e. The lowest BCUT2D eigenvalue weighted by atomic mass is 10.1. The molecule has 10 nitrogen and oxygen atoms in total. The molecule has 0 amide bonds. The van der Waals surface area contributed by atoms with E-state index in [0.29, 0.717) is 0 Å². The van der Waals surface area contributed by atoms with E-state index in [2.05, 4.69) is 4.72 Å². The average Bonchev–Trinajstić information content (AvgIpc) is 2.85. The SMILES string of the molecule is COC(=O)c1c(C)n(S(=O)(=O)N(C)C)c2ccc(NS(=O)(=O)N(C)C)cc12. The van der Waals surface area contributed by atoms with E-state index in [1.807, 2.05) is 0 Å². The van der Waals surface area contributed by atoms with Crippen molar-refractivity contribution < 1.29 is 26.4 Å². The zero-order chi connectivity index (χ0) is 20.7. The summed E-state index contributed by atoms with van der Waals surface area (Å²) in [6, 6.07) is 4.26. The van der Waals surface area contributed by atoms with Gasteiger partial charge in [-0.15, -0.1) is 0 Å². The van der Waals surface area contributed by atoms with Crippen LogP contribution in [0.1, 0.15) is 16.1 Å². The van der Waals surface area contributed by atoms with Gasteiger partial charge in [0.15, 0.2) is 0 Å². The number of fused-ring (bicyclic) bond motifs is 1. The molecule has 0 saturated heterocycles. The van der Waals surface area contributed by atoms with E-state index < -0.39 is 26.4 Å². The zero-order valence-electron chi connectivity index (χ0n) is 15.8. The molecule has 12 heteroatoms. The number of ether oxygens (including phenoxy) is 1. The number of esters is 1. The molecule has 0 spiro atoms. The molecular formula is C15H22N4O6S2. The number of benzene rings is 1. The van der Waals surface area contributed by atoms with E-state index in [-0.39, 0.29) is 27.8 Å². The van der Waals surface area contributed by atoms with Gasteiger partial charge in [0.05, 0.1) is 23.9 Å². The maximum Gasteiger partial charge on any atom is 0.340 e. The molecular weight excluding hydrogens is 396 g/mol. The van der Waals surface area contributed by atoms with Crippen LogP contribution in [0.5, 0.6) is 0 Å². The van der Waals surface area contributed by atoms with E-state index >= 15 is 0 Å². The summed E-state index contributed by atoms with van der Waals surface area (Å²) in [4.78, 5) is 12.3. The maximum absolute atomic E-state index is 12.7. The normalized spacial score (nSPS) is 12.7. The Labute approximate surface area is 158 Å². The molecule has 0 unspecified atom stereocenters. The largest absolute Gasteiger partial charge is 0.465 e. The third kappa shape index (κ3) is 3.65. The third-order valence-electron chi connectivity index (χ3n) is 3.96. The molecule has 1 N–H and O–H groups in total. The summed E-state index contributed by atoms with van der Waals surface area (Å²) in [5.74, 6) is -0.724. The van der Waals surface area contributed by atoms with Crippen LogP contribution in [-0.2, 0) is 25.2 Å². The van der Waals surface area contributed by atoms with Crippen molar-refractivity contribution in [2.24, 2.45) is 0 Å². The number of methoxy groups -OCH3 is 1. The molecule has 0 aliphatic heterocycles. The van der Waals surface area contributed by atoms with Gasteiger partial charge in [-0.1, -0.05) is 0 Å². The van der Waals surface area contributed by atoms with Crippen LogP contribution < -0.4 is 4.72 Å². The Morgan fingerprint density at radius 2 is 1.67 bits per heavy atom. The molecule has 1 aromatic heterocycles. The van der Waals surface area contributed by atoms with E-state index in [9.17, 15) is 21.6 Å². The van der Waals surface area contributed by atoms with E-state index in [0.717, 1.165) is 12.6 Å². The fourth-order valence-electron chi connectivity index (χ4n) is 2.51. The van der Waals surface area contributed by atoms with Crippen molar-refractivity contribution >= 4 is 43.0 Å². The van der Waals surface area contributed by atoms with Crippen LogP contribution in [0.15, 0.2) is 18.2 Å². The van der Waals surface area contributed by atoms with Crippen molar-refractivity contribution in [3.63, 3.8) is 0 Å². The average molecular weight is 418 g/mol. The Bertz CT molecular complexity index is 1100. The summed E-state index contributed by atoms with van der Waals surface area (Å²) in [7, 11) is -1.03. The van der Waals surface area contributed by atoms with Crippen LogP contribution in [-0.4, -0.2) is 70.7 Å². The number of hydrogen-bond donors (Lipinski definition) is 1. The van der Waals surface area contributed by atoms with Crippen LogP contribution in [0.4, 0.5) is 5.69 Å². The van der Waals surface area contributed by atoms with Crippen molar-refractivity contribution in [2.75, 3.05) is 40.0 Å². The summed E-state index contributed by atoms with van der Waals surface area (Å²) in [6.07, 6.45) is 0. The molecule has 0 aliphatic rings. The second-order valence-corrected chi connectivity index (χ2v) is 10.0. The zero-order valence-corrected chi connectivity index (χ0v) is 17.5. The first-order chi connectivity index (χ1) is 12.3. The first kappa shape index (κ1) is 21.2. The van der Waals surface area contributed by atoms with Gasteiger partial charge in [-0.25, -0.2) is 8.77 Å². The second-order valence-electron chi connectivity index (χ2n) is 6.13. The summed E-state index contributed by atoms with van der Waals surface area (Å²) < 4.78 is 59.7. The standard InChI is InChI=1S/C15H22N4O6S2/c1-10-14(15(20)25-6)12-9-11(16-26(21,22)17(2)3)7-8-13(12)19(10)27(23,24)18(4)5/h7-9,16H,1-6H3. The summed E-state index contributed by atoms with van der Waals surface area (Å²) in [5.41, 5.74) is 0.622. The second kappa shape index (κ2) is 7.11. The Hall–Kier alpha value is -2.15. The van der Waals surface area contributed by atoms with Crippen LogP contribution in [0.2, 0.25) is 0 Å². The minimum Gasteiger partial charge on any atom is -0.465 e. The van der Waals surface area contributed by atoms with Gasteiger partial charge in [0.1, 0.15) is 0 Å². The number of rotatable bonds is 6. The quantitative estimate of drug-likeness (QED) is 0.687. The number of nitrogens with one attached hydrogen (secondary N) is 1. The third-order valence-corrected chi connectivity index (χ3v) is 7.27. The molecule has 0 radical (unpaired) electrons. The molecule has 27 heavy (non-hydrogen) atoms. The highest BCUT2D eigenvalue weighted by Gasteiger charge is 2.28. The van der Waals surface area contributed by atoms with Crippen molar-refractivity contribution in [1.29, 1.82) is 0 Å². The Balaban J connectivity index is 2.83. The number of hydrogen-bond acceptors (Lipinski definition) is 6. The molecule has 2 rings (SSSR count). The molecule has 1 heterocycles. The van der Waals surface area contributed by atoms with E-state index in [4.69, 9.17) is 4.74 Å². The first-order valence-corrected chi connectivity index (χ1v) is 10.5. The Kier molecular flexibility index (Phi) is 5.57. The highest BCUT2D eigenvalue weighted by atomic mass is 32.2. The minimum absolute atomic E-state index is 0.0452. The maximum atomic E-state index is 12.7. The van der Waals surface area contributed by atoms with Gasteiger partial charge >= 0.3 is 26.4 Å². The molecule has 0 bridgehead atoms. The highest BCUT2D eigenvalue weighted by Crippen LogP contribution is 2.31. The predicted octanol–water partition coefficient (Wildman–Crippen LogP) is 0.609. The molecule has 0 saturated carbocycles. The van der Waals surface area contributed by atoms with Gasteiger partial charge in [0.2, 0.25) is 0 Å². The minimum atomic E-state index is -3.92. The molecule has 0 fully saturated rings. The van der Waals surface area contributed by atoms with Crippen LogP contribution >= 0.6 is 0 Å². The lowest BCUT2D eigenvalue weighted by Crippen LogP contribution is -2.29. The lowest BCUT2D eigenvalue weighted by molar-refractivity contribution is 0.0602. The first-order valence-electron chi connectivity index (χ1n) is 7.71. The predicted molar refractivity (Wildman–Crippen MR) is 102 cm³/mol. The molecule has 0 aliphatic carbocycles. The van der Waals surface area contributed by atoms with Gasteiger partial charge in [0.25, 0.3) is 0 Å². The van der Waals surface area contributed by atoms with Crippen molar-refractivity contribution in [3.05, 3.63) is 29.5 Å². The Morgan fingerprint density at radius 3 is 2.15 bits per heavy atom. The monoisotopic (exact) mass is 418 g/mol. The van der Waals surface area contributed by atoms with Crippen LogP contribution in [0, 0.1) is 6.92 Å². The molecule has 1 aromatic carbocycles. The van der Waals surface area contributed by atoms with Crippen LogP contribution in [0.3, 0.4) is 0 Å². The summed E-state index contributed by atoms with van der Waals surface area (Å²) in [5, 5.41) is 0.253. The lowest BCUT2D eigenvalue weighted by Gasteiger charge is -2.16. The summed E-state index contributed by atoms with van der Waals surface area (Å²) in [6.45, 7) is 1.48. The Morgan fingerprint density at radius 1 is 1.07 bits per heavy atom. The topological polar surface area (TPSA) is 118 Å². The number of carbonyl (C=O) groups is 1. The van der Waals surface area contributed by atoms with E-state index in [1.165, 1.54) is 60.4 Å². The van der Waals surface area contributed by atoms with Crippen molar-refractivity contribution in [3.8, 4) is 0 Å². The summed E-state index contributed by atoms with van der Waals surface area (Å²) >= 11 is 0.